The minimum atomic E-state index is -0.611. The summed E-state index contributed by atoms with van der Waals surface area (Å²) in [4.78, 5) is 11.2. The Hall–Kier alpha value is -1.31. The molecule has 0 spiro atoms. The van der Waals surface area contributed by atoms with Gasteiger partial charge in [0, 0.05) is 0 Å². The summed E-state index contributed by atoms with van der Waals surface area (Å²) in [6.07, 6.45) is 3.90. The van der Waals surface area contributed by atoms with Gasteiger partial charge in [-0.25, -0.2) is 0 Å². The fourth-order valence-corrected chi connectivity index (χ4v) is 3.40. The number of hydrogen-bond acceptors (Lipinski definition) is 1. The molecule has 18 heavy (non-hydrogen) atoms. The lowest BCUT2D eigenvalue weighted by atomic mass is 9.86. The van der Waals surface area contributed by atoms with Gasteiger partial charge in [0.05, 0.1) is 5.92 Å². The molecule has 0 aromatic heterocycles. The zero-order chi connectivity index (χ0) is 13.3. The summed E-state index contributed by atoms with van der Waals surface area (Å²) in [6, 6.07) is 4.40. The van der Waals surface area contributed by atoms with Crippen molar-refractivity contribution in [1.29, 1.82) is 0 Å². The number of benzene rings is 1. The quantitative estimate of drug-likeness (QED) is 0.883. The van der Waals surface area contributed by atoms with Gasteiger partial charge in [-0.3, -0.25) is 4.79 Å². The second kappa shape index (κ2) is 5.13. The normalized spacial score (nSPS) is 23.3. The fraction of sp³-hybridized carbons (Fsp3) is 0.562. The van der Waals surface area contributed by atoms with Crippen LogP contribution in [0.4, 0.5) is 0 Å². The van der Waals surface area contributed by atoms with E-state index in [1.165, 1.54) is 22.3 Å². The number of rotatable bonds is 3. The molecule has 2 heteroatoms. The van der Waals surface area contributed by atoms with Gasteiger partial charge in [-0.1, -0.05) is 24.1 Å². The lowest BCUT2D eigenvalue weighted by Crippen LogP contribution is -2.20. The van der Waals surface area contributed by atoms with Gasteiger partial charge >= 0.3 is 5.97 Å². The maximum absolute atomic E-state index is 11.2. The van der Waals surface area contributed by atoms with Crippen molar-refractivity contribution in [2.75, 3.05) is 0 Å². The number of carboxylic acids is 1. The van der Waals surface area contributed by atoms with Crippen LogP contribution in [-0.2, 0) is 11.2 Å². The molecule has 0 saturated heterocycles. The number of aliphatic carboxylic acids is 1. The maximum atomic E-state index is 11.2. The van der Waals surface area contributed by atoms with Gasteiger partial charge in [0.15, 0.2) is 0 Å². The molecule has 0 amide bonds. The fourth-order valence-electron chi connectivity index (χ4n) is 3.40. The largest absolute Gasteiger partial charge is 0.481 e. The third-order valence-electron chi connectivity index (χ3n) is 4.28. The van der Waals surface area contributed by atoms with Crippen LogP contribution in [0, 0.1) is 32.6 Å². The highest BCUT2D eigenvalue weighted by Gasteiger charge is 2.33. The highest BCUT2D eigenvalue weighted by molar-refractivity contribution is 5.70. The highest BCUT2D eigenvalue weighted by atomic mass is 16.4. The van der Waals surface area contributed by atoms with Crippen LogP contribution >= 0.6 is 0 Å². The minimum Gasteiger partial charge on any atom is -0.481 e. The molecule has 0 aliphatic heterocycles. The van der Waals surface area contributed by atoms with Gasteiger partial charge in [-0.05, 0) is 62.6 Å². The third kappa shape index (κ3) is 2.58. The molecule has 0 heterocycles. The van der Waals surface area contributed by atoms with Gasteiger partial charge in [0.25, 0.3) is 0 Å². The lowest BCUT2D eigenvalue weighted by molar-refractivity contribution is -0.142. The minimum absolute atomic E-state index is 0.134. The van der Waals surface area contributed by atoms with Gasteiger partial charge in [0.2, 0.25) is 0 Å². The van der Waals surface area contributed by atoms with Crippen molar-refractivity contribution < 1.29 is 9.90 Å². The van der Waals surface area contributed by atoms with Crippen LogP contribution in [0.2, 0.25) is 0 Å². The van der Waals surface area contributed by atoms with Crippen molar-refractivity contribution in [3.63, 3.8) is 0 Å². The van der Waals surface area contributed by atoms with Crippen molar-refractivity contribution in [1.82, 2.24) is 0 Å². The lowest BCUT2D eigenvalue weighted by Gasteiger charge is -2.19. The molecule has 98 valence electrons. The summed E-state index contributed by atoms with van der Waals surface area (Å²) in [5.74, 6) is -0.423. The monoisotopic (exact) mass is 246 g/mol. The molecule has 0 bridgehead atoms. The van der Waals surface area contributed by atoms with Gasteiger partial charge < -0.3 is 5.11 Å². The van der Waals surface area contributed by atoms with Gasteiger partial charge in [-0.15, -0.1) is 0 Å². The summed E-state index contributed by atoms with van der Waals surface area (Å²) < 4.78 is 0. The summed E-state index contributed by atoms with van der Waals surface area (Å²) in [5.41, 5.74) is 5.26. The van der Waals surface area contributed by atoms with Crippen LogP contribution in [0.3, 0.4) is 0 Å². The van der Waals surface area contributed by atoms with Crippen LogP contribution in [0.5, 0.6) is 0 Å². The molecular weight excluding hydrogens is 224 g/mol. The molecule has 1 aliphatic carbocycles. The SMILES string of the molecule is Cc1cc(C)c(CC2CCCC2C(=O)O)c(C)c1. The molecule has 1 aromatic rings. The second-order valence-corrected chi connectivity index (χ2v) is 5.72. The number of carbonyl (C=O) groups is 1. The summed E-state index contributed by atoms with van der Waals surface area (Å²) in [7, 11) is 0. The Morgan fingerprint density at radius 3 is 2.39 bits per heavy atom. The van der Waals surface area contributed by atoms with Crippen molar-refractivity contribution >= 4 is 5.97 Å². The van der Waals surface area contributed by atoms with Crippen LogP contribution < -0.4 is 0 Å². The molecule has 2 atom stereocenters. The Morgan fingerprint density at radius 1 is 1.22 bits per heavy atom. The van der Waals surface area contributed by atoms with Crippen molar-refractivity contribution in [2.45, 2.75) is 46.5 Å². The third-order valence-corrected chi connectivity index (χ3v) is 4.28. The van der Waals surface area contributed by atoms with Crippen LogP contribution in [-0.4, -0.2) is 11.1 Å². The first-order chi connectivity index (χ1) is 8.49. The van der Waals surface area contributed by atoms with Gasteiger partial charge in [-0.2, -0.15) is 0 Å². The van der Waals surface area contributed by atoms with E-state index >= 15 is 0 Å². The topological polar surface area (TPSA) is 37.3 Å². The first kappa shape index (κ1) is 13.1. The number of carboxylic acid groups (broad SMARTS) is 1. The Balaban J connectivity index is 2.21. The van der Waals surface area contributed by atoms with E-state index in [2.05, 4.69) is 32.9 Å². The average molecular weight is 246 g/mol. The van der Waals surface area contributed by atoms with Crippen LogP contribution in [0.1, 0.15) is 41.5 Å². The van der Waals surface area contributed by atoms with Crippen LogP contribution in [0.15, 0.2) is 12.1 Å². The van der Waals surface area contributed by atoms with E-state index in [0.29, 0.717) is 5.92 Å². The van der Waals surface area contributed by atoms with E-state index in [4.69, 9.17) is 0 Å². The molecule has 1 fully saturated rings. The summed E-state index contributed by atoms with van der Waals surface area (Å²) >= 11 is 0. The van der Waals surface area contributed by atoms with Crippen LogP contribution in [0.25, 0.3) is 0 Å². The molecular formula is C16H22O2. The molecule has 0 radical (unpaired) electrons. The average Bonchev–Trinajstić information content (AvgIpc) is 2.71. The van der Waals surface area contributed by atoms with Crippen molar-refractivity contribution in [3.05, 3.63) is 34.4 Å². The van der Waals surface area contributed by atoms with E-state index in [1.54, 1.807) is 0 Å². The second-order valence-electron chi connectivity index (χ2n) is 5.72. The van der Waals surface area contributed by atoms with E-state index < -0.39 is 5.97 Å². The number of hydrogen-bond donors (Lipinski definition) is 1. The first-order valence-electron chi connectivity index (χ1n) is 6.78. The molecule has 2 unspecified atom stereocenters. The predicted octanol–water partition coefficient (Wildman–Crippen LogP) is 3.66. The van der Waals surface area contributed by atoms with E-state index in [1.807, 2.05) is 0 Å². The standard InChI is InChI=1S/C16H22O2/c1-10-7-11(2)15(12(3)8-10)9-13-5-4-6-14(13)16(17)18/h7-8,13-14H,4-6,9H2,1-3H3,(H,17,18). The molecule has 2 rings (SSSR count). The Morgan fingerprint density at radius 2 is 1.83 bits per heavy atom. The predicted molar refractivity (Wildman–Crippen MR) is 72.8 cm³/mol. The Kier molecular flexibility index (Phi) is 3.74. The van der Waals surface area contributed by atoms with E-state index in [9.17, 15) is 9.90 Å². The molecule has 1 N–H and O–H groups in total. The summed E-state index contributed by atoms with van der Waals surface area (Å²) in [5, 5.41) is 9.24. The van der Waals surface area contributed by atoms with Crippen molar-refractivity contribution in [3.8, 4) is 0 Å². The maximum Gasteiger partial charge on any atom is 0.306 e. The Labute approximate surface area is 109 Å². The summed E-state index contributed by atoms with van der Waals surface area (Å²) in [6.45, 7) is 6.39. The first-order valence-corrected chi connectivity index (χ1v) is 6.78. The van der Waals surface area contributed by atoms with E-state index in [-0.39, 0.29) is 5.92 Å². The number of aryl methyl sites for hydroxylation is 3. The van der Waals surface area contributed by atoms with Crippen molar-refractivity contribution in [2.24, 2.45) is 11.8 Å². The Bertz CT molecular complexity index is 439. The zero-order valence-corrected chi connectivity index (χ0v) is 11.5. The van der Waals surface area contributed by atoms with E-state index in [0.717, 1.165) is 25.7 Å². The van der Waals surface area contributed by atoms with Gasteiger partial charge in [0.1, 0.15) is 0 Å². The smallest absolute Gasteiger partial charge is 0.306 e. The molecule has 1 aromatic carbocycles. The molecule has 1 aliphatic rings. The molecule has 1 saturated carbocycles. The molecule has 2 nitrogen and oxygen atoms in total. The highest BCUT2D eigenvalue weighted by Crippen LogP contribution is 2.35. The zero-order valence-electron chi connectivity index (χ0n) is 11.5.